The number of carbonyl (C=O) groups excluding carboxylic acids is 1. The minimum Gasteiger partial charge on any atom is -0.339 e. The number of amides is 1. The van der Waals surface area contributed by atoms with Gasteiger partial charge in [-0.2, -0.15) is 0 Å². The largest absolute Gasteiger partial charge is 0.339 e. The number of carbonyl (C=O) groups is 1. The van der Waals surface area contributed by atoms with E-state index >= 15 is 0 Å². The molecule has 0 atom stereocenters. The van der Waals surface area contributed by atoms with Crippen LogP contribution >= 0.6 is 23.2 Å². The Morgan fingerprint density at radius 3 is 2.28 bits per heavy atom. The molecule has 0 spiro atoms. The lowest BCUT2D eigenvalue weighted by atomic mass is 10.2. The predicted molar refractivity (Wildman–Crippen MR) is 101 cm³/mol. The molecule has 2 aromatic carbocycles. The van der Waals surface area contributed by atoms with Crippen molar-refractivity contribution in [2.24, 2.45) is 0 Å². The fourth-order valence-corrected chi connectivity index (χ4v) is 2.36. The highest BCUT2D eigenvalue weighted by Crippen LogP contribution is 2.25. The van der Waals surface area contributed by atoms with Crippen molar-refractivity contribution >= 4 is 46.3 Å². The van der Waals surface area contributed by atoms with Crippen LogP contribution in [0.25, 0.3) is 0 Å². The minimum absolute atomic E-state index is 0.195. The van der Waals surface area contributed by atoms with E-state index in [1.54, 1.807) is 18.2 Å². The van der Waals surface area contributed by atoms with Crippen LogP contribution in [0.15, 0.2) is 54.9 Å². The normalized spacial score (nSPS) is 10.4. The molecule has 0 bridgehead atoms. The fourth-order valence-electron chi connectivity index (χ4n) is 2.06. The van der Waals surface area contributed by atoms with Crippen LogP contribution in [0.1, 0.15) is 16.1 Å². The molecule has 3 aromatic rings. The van der Waals surface area contributed by atoms with E-state index in [9.17, 15) is 4.79 Å². The first-order valence-electron chi connectivity index (χ1n) is 7.43. The molecule has 7 heteroatoms. The highest BCUT2D eigenvalue weighted by Gasteiger charge is 2.10. The van der Waals surface area contributed by atoms with Gasteiger partial charge in [0.05, 0.1) is 22.4 Å². The van der Waals surface area contributed by atoms with Gasteiger partial charge in [-0.1, -0.05) is 40.9 Å². The van der Waals surface area contributed by atoms with E-state index in [1.807, 2.05) is 31.2 Å². The van der Waals surface area contributed by atoms with E-state index in [4.69, 9.17) is 23.2 Å². The molecular formula is C18H14Cl2N4O. The number of halogens is 2. The van der Waals surface area contributed by atoms with Crippen molar-refractivity contribution in [3.05, 3.63) is 76.2 Å². The van der Waals surface area contributed by atoms with Crippen LogP contribution in [0.2, 0.25) is 10.0 Å². The summed E-state index contributed by atoms with van der Waals surface area (Å²) < 4.78 is 0. The van der Waals surface area contributed by atoms with Crippen molar-refractivity contribution in [2.45, 2.75) is 6.92 Å². The third kappa shape index (κ3) is 4.47. The maximum absolute atomic E-state index is 12.2. The summed E-state index contributed by atoms with van der Waals surface area (Å²) >= 11 is 11.8. The van der Waals surface area contributed by atoms with Gasteiger partial charge in [-0.25, -0.2) is 9.97 Å². The molecule has 1 aromatic heterocycles. The summed E-state index contributed by atoms with van der Waals surface area (Å²) in [6.45, 7) is 2.02. The van der Waals surface area contributed by atoms with Gasteiger partial charge >= 0.3 is 0 Å². The third-order valence-corrected chi connectivity index (χ3v) is 4.12. The van der Waals surface area contributed by atoms with E-state index in [2.05, 4.69) is 20.6 Å². The second kappa shape index (κ2) is 7.51. The lowest BCUT2D eigenvalue weighted by molar-refractivity contribution is 0.102. The second-order valence-electron chi connectivity index (χ2n) is 5.36. The van der Waals surface area contributed by atoms with Crippen LogP contribution in [0.5, 0.6) is 0 Å². The van der Waals surface area contributed by atoms with Gasteiger partial charge in [-0.3, -0.25) is 4.79 Å². The Hall–Kier alpha value is -2.63. The zero-order valence-corrected chi connectivity index (χ0v) is 14.8. The van der Waals surface area contributed by atoms with Gasteiger partial charge in [-0.05, 0) is 37.3 Å². The molecule has 0 unspecified atom stereocenters. The quantitative estimate of drug-likeness (QED) is 0.669. The van der Waals surface area contributed by atoms with Gasteiger partial charge in [0.25, 0.3) is 5.91 Å². The molecular weight excluding hydrogens is 359 g/mol. The second-order valence-corrected chi connectivity index (χ2v) is 6.18. The first-order valence-corrected chi connectivity index (χ1v) is 8.19. The summed E-state index contributed by atoms with van der Waals surface area (Å²) in [4.78, 5) is 20.5. The average molecular weight is 373 g/mol. The molecule has 0 aliphatic carbocycles. The van der Waals surface area contributed by atoms with Gasteiger partial charge in [0.2, 0.25) is 0 Å². The Balaban J connectivity index is 1.67. The topological polar surface area (TPSA) is 66.9 Å². The molecule has 2 N–H and O–H groups in total. The number of anilines is 3. The molecule has 1 heterocycles. The Labute approximate surface area is 155 Å². The first-order chi connectivity index (χ1) is 12.0. The first kappa shape index (κ1) is 17.2. The molecule has 0 aliphatic heterocycles. The Kier molecular flexibility index (Phi) is 5.16. The van der Waals surface area contributed by atoms with Gasteiger partial charge < -0.3 is 10.6 Å². The van der Waals surface area contributed by atoms with E-state index in [-0.39, 0.29) is 11.6 Å². The summed E-state index contributed by atoms with van der Waals surface area (Å²) in [5.41, 5.74) is 2.79. The zero-order valence-electron chi connectivity index (χ0n) is 13.3. The molecule has 1 amide bonds. The number of rotatable bonds is 4. The van der Waals surface area contributed by atoms with E-state index < -0.39 is 0 Å². The third-order valence-electron chi connectivity index (χ3n) is 3.39. The maximum Gasteiger partial charge on any atom is 0.275 e. The van der Waals surface area contributed by atoms with Crippen LogP contribution in [0.4, 0.5) is 17.2 Å². The number of aryl methyl sites for hydroxylation is 1. The summed E-state index contributed by atoms with van der Waals surface area (Å²) in [5, 5.41) is 6.61. The standard InChI is InChI=1S/C18H14Cl2N4O/c1-11-2-4-12(5-3-11)23-17-10-21-16(9-22-17)18(25)24-13-6-7-14(19)15(20)8-13/h2-10H,1H3,(H,22,23)(H,24,25). The molecule has 3 rings (SSSR count). The Morgan fingerprint density at radius 1 is 0.920 bits per heavy atom. The molecule has 126 valence electrons. The summed E-state index contributed by atoms with van der Waals surface area (Å²) in [6.07, 6.45) is 2.91. The predicted octanol–water partition coefficient (Wildman–Crippen LogP) is 5.09. The molecule has 0 aliphatic rings. The van der Waals surface area contributed by atoms with Crippen molar-refractivity contribution in [3.8, 4) is 0 Å². The molecule has 5 nitrogen and oxygen atoms in total. The Morgan fingerprint density at radius 2 is 1.64 bits per heavy atom. The Bertz CT molecular complexity index is 896. The number of nitrogens with zero attached hydrogens (tertiary/aromatic N) is 2. The maximum atomic E-state index is 12.2. The van der Waals surface area contributed by atoms with Gasteiger partial charge in [0.1, 0.15) is 11.5 Å². The van der Waals surface area contributed by atoms with Crippen molar-refractivity contribution in [3.63, 3.8) is 0 Å². The van der Waals surface area contributed by atoms with Crippen molar-refractivity contribution in [2.75, 3.05) is 10.6 Å². The molecule has 0 saturated heterocycles. The van der Waals surface area contributed by atoms with Crippen LogP contribution in [-0.4, -0.2) is 15.9 Å². The highest BCUT2D eigenvalue weighted by atomic mass is 35.5. The molecule has 0 fully saturated rings. The SMILES string of the molecule is Cc1ccc(Nc2cnc(C(=O)Nc3ccc(Cl)c(Cl)c3)cn2)cc1. The van der Waals surface area contributed by atoms with Crippen LogP contribution in [0.3, 0.4) is 0 Å². The van der Waals surface area contributed by atoms with Crippen molar-refractivity contribution in [1.29, 1.82) is 0 Å². The van der Waals surface area contributed by atoms with Crippen molar-refractivity contribution < 1.29 is 4.79 Å². The smallest absolute Gasteiger partial charge is 0.275 e. The average Bonchev–Trinajstić information content (AvgIpc) is 2.61. The monoisotopic (exact) mass is 372 g/mol. The van der Waals surface area contributed by atoms with Gasteiger partial charge in [-0.15, -0.1) is 0 Å². The van der Waals surface area contributed by atoms with Gasteiger partial charge in [0, 0.05) is 11.4 Å². The van der Waals surface area contributed by atoms with Crippen molar-refractivity contribution in [1.82, 2.24) is 9.97 Å². The molecule has 25 heavy (non-hydrogen) atoms. The minimum atomic E-state index is -0.382. The number of benzene rings is 2. The molecule has 0 radical (unpaired) electrons. The highest BCUT2D eigenvalue weighted by molar-refractivity contribution is 6.42. The lowest BCUT2D eigenvalue weighted by Crippen LogP contribution is -2.14. The summed E-state index contributed by atoms with van der Waals surface area (Å²) in [5.74, 6) is 0.169. The number of aromatic nitrogens is 2. The number of hydrogen-bond acceptors (Lipinski definition) is 4. The summed E-state index contributed by atoms with van der Waals surface area (Å²) in [7, 11) is 0. The fraction of sp³-hybridized carbons (Fsp3) is 0.0556. The van der Waals surface area contributed by atoms with Gasteiger partial charge in [0.15, 0.2) is 0 Å². The van der Waals surface area contributed by atoms with E-state index in [1.165, 1.54) is 18.0 Å². The lowest BCUT2D eigenvalue weighted by Gasteiger charge is -2.08. The summed E-state index contributed by atoms with van der Waals surface area (Å²) in [6, 6.07) is 12.7. The molecule has 0 saturated carbocycles. The zero-order chi connectivity index (χ0) is 17.8. The van der Waals surface area contributed by atoms with Crippen LogP contribution < -0.4 is 10.6 Å². The van der Waals surface area contributed by atoms with E-state index in [0.29, 0.717) is 21.6 Å². The number of hydrogen-bond donors (Lipinski definition) is 2. The van der Waals surface area contributed by atoms with Crippen LogP contribution in [-0.2, 0) is 0 Å². The van der Waals surface area contributed by atoms with Crippen LogP contribution in [0, 0.1) is 6.92 Å². The van der Waals surface area contributed by atoms with E-state index in [0.717, 1.165) is 5.69 Å². The number of nitrogens with one attached hydrogen (secondary N) is 2.